The lowest BCUT2D eigenvalue weighted by Crippen LogP contribution is -2.41. The molecule has 1 saturated heterocycles. The summed E-state index contributed by atoms with van der Waals surface area (Å²) in [5.74, 6) is 0. The van der Waals surface area contributed by atoms with Crippen LogP contribution >= 0.6 is 0 Å². The van der Waals surface area contributed by atoms with E-state index in [2.05, 4.69) is 39.5 Å². The zero-order valence-electron chi connectivity index (χ0n) is 13.3. The third-order valence-corrected chi connectivity index (χ3v) is 4.39. The second-order valence-corrected chi connectivity index (χ2v) is 6.10. The number of hydrogen-bond donors (Lipinski definition) is 1. The van der Waals surface area contributed by atoms with Crippen LogP contribution in [0.4, 0.5) is 0 Å². The molecule has 2 aromatic rings. The van der Waals surface area contributed by atoms with Gasteiger partial charge in [-0.2, -0.15) is 5.26 Å². The predicted octanol–water partition coefficient (Wildman–Crippen LogP) is 2.71. The van der Waals surface area contributed by atoms with E-state index in [1.807, 2.05) is 30.6 Å². The van der Waals surface area contributed by atoms with E-state index in [1.54, 1.807) is 0 Å². The van der Waals surface area contributed by atoms with Crippen molar-refractivity contribution in [3.8, 4) is 6.07 Å². The average Bonchev–Trinajstić information content (AvgIpc) is 2.62. The summed E-state index contributed by atoms with van der Waals surface area (Å²) in [6.45, 7) is 4.10. The molecule has 2 heterocycles. The van der Waals surface area contributed by atoms with Crippen LogP contribution in [0.3, 0.4) is 0 Å². The Labute approximate surface area is 137 Å². The normalized spacial score (nSPS) is 16.1. The number of hydrogen-bond acceptors (Lipinski definition) is 4. The molecule has 3 rings (SSSR count). The second-order valence-electron chi connectivity index (χ2n) is 6.10. The van der Waals surface area contributed by atoms with Crippen LogP contribution in [0.2, 0.25) is 0 Å². The molecule has 4 heteroatoms. The molecule has 23 heavy (non-hydrogen) atoms. The number of piperidine rings is 1. The van der Waals surface area contributed by atoms with E-state index >= 15 is 0 Å². The van der Waals surface area contributed by atoms with Gasteiger partial charge >= 0.3 is 0 Å². The van der Waals surface area contributed by atoms with E-state index < -0.39 is 0 Å². The Bertz CT molecular complexity index is 655. The largest absolute Gasteiger partial charge is 0.310 e. The van der Waals surface area contributed by atoms with Gasteiger partial charge < -0.3 is 5.32 Å². The molecule has 118 valence electrons. The molecule has 1 aliphatic heterocycles. The Hall–Kier alpha value is -2.22. The Kier molecular flexibility index (Phi) is 5.36. The van der Waals surface area contributed by atoms with E-state index in [1.165, 1.54) is 24.0 Å². The lowest BCUT2D eigenvalue weighted by atomic mass is 10.0. The van der Waals surface area contributed by atoms with Gasteiger partial charge in [0.05, 0.1) is 11.6 Å². The third kappa shape index (κ3) is 4.62. The van der Waals surface area contributed by atoms with Gasteiger partial charge in [-0.05, 0) is 61.3 Å². The molecule has 0 radical (unpaired) electrons. The van der Waals surface area contributed by atoms with Crippen molar-refractivity contribution < 1.29 is 0 Å². The van der Waals surface area contributed by atoms with E-state index in [0.29, 0.717) is 6.04 Å². The summed E-state index contributed by atoms with van der Waals surface area (Å²) in [5, 5.41) is 12.6. The summed E-state index contributed by atoms with van der Waals surface area (Å²) in [7, 11) is 0. The summed E-state index contributed by atoms with van der Waals surface area (Å²) in [6.07, 6.45) is 6.06. The van der Waals surface area contributed by atoms with E-state index in [4.69, 9.17) is 5.26 Å². The zero-order chi connectivity index (χ0) is 15.9. The third-order valence-electron chi connectivity index (χ3n) is 4.39. The minimum atomic E-state index is 0.564. The first-order chi connectivity index (χ1) is 11.3. The Balaban J connectivity index is 1.43. The van der Waals surface area contributed by atoms with Crippen LogP contribution < -0.4 is 5.32 Å². The molecule has 0 saturated carbocycles. The number of nitriles is 1. The van der Waals surface area contributed by atoms with Crippen molar-refractivity contribution in [2.75, 3.05) is 13.1 Å². The fourth-order valence-corrected chi connectivity index (χ4v) is 3.05. The summed E-state index contributed by atoms with van der Waals surface area (Å²) < 4.78 is 0. The molecule has 1 aromatic carbocycles. The smallest absolute Gasteiger partial charge is 0.0991 e. The van der Waals surface area contributed by atoms with Gasteiger partial charge in [0.1, 0.15) is 0 Å². The number of aromatic nitrogens is 1. The van der Waals surface area contributed by atoms with E-state index in [0.717, 1.165) is 31.7 Å². The lowest BCUT2D eigenvalue weighted by molar-refractivity contribution is 0.190. The van der Waals surface area contributed by atoms with Crippen LogP contribution in [0, 0.1) is 11.3 Å². The second kappa shape index (κ2) is 7.87. The predicted molar refractivity (Wildman–Crippen MR) is 90.5 cm³/mol. The van der Waals surface area contributed by atoms with Gasteiger partial charge in [0.25, 0.3) is 0 Å². The van der Waals surface area contributed by atoms with Gasteiger partial charge in [0.15, 0.2) is 0 Å². The highest BCUT2D eigenvalue weighted by molar-refractivity contribution is 5.32. The summed E-state index contributed by atoms with van der Waals surface area (Å²) in [6, 6.07) is 14.8. The molecule has 1 N–H and O–H groups in total. The van der Waals surface area contributed by atoms with Crippen LogP contribution in [0.1, 0.15) is 29.5 Å². The summed E-state index contributed by atoms with van der Waals surface area (Å²) in [4.78, 5) is 6.57. The molecule has 0 aliphatic carbocycles. The molecule has 0 atom stereocenters. The lowest BCUT2D eigenvalue weighted by Gasteiger charge is -2.32. The Morgan fingerprint density at radius 2 is 1.91 bits per heavy atom. The summed E-state index contributed by atoms with van der Waals surface area (Å²) >= 11 is 0. The highest BCUT2D eigenvalue weighted by Crippen LogP contribution is 2.14. The van der Waals surface area contributed by atoms with E-state index in [-0.39, 0.29) is 0 Å². The van der Waals surface area contributed by atoms with Gasteiger partial charge in [-0.3, -0.25) is 9.88 Å². The number of nitrogens with one attached hydrogen (secondary N) is 1. The minimum absolute atomic E-state index is 0.564. The zero-order valence-corrected chi connectivity index (χ0v) is 13.3. The van der Waals surface area contributed by atoms with Crippen molar-refractivity contribution in [2.45, 2.75) is 32.0 Å². The molecule has 0 bridgehead atoms. The van der Waals surface area contributed by atoms with Crippen molar-refractivity contribution in [3.05, 3.63) is 65.5 Å². The fourth-order valence-electron chi connectivity index (χ4n) is 3.05. The first kappa shape index (κ1) is 15.7. The molecule has 4 nitrogen and oxygen atoms in total. The first-order valence-corrected chi connectivity index (χ1v) is 8.17. The number of pyridine rings is 1. The van der Waals surface area contributed by atoms with E-state index in [9.17, 15) is 0 Å². The molecule has 1 aliphatic rings. The highest BCUT2D eigenvalue weighted by Gasteiger charge is 2.18. The van der Waals surface area contributed by atoms with Gasteiger partial charge in [-0.25, -0.2) is 0 Å². The van der Waals surface area contributed by atoms with Gasteiger partial charge in [-0.1, -0.05) is 12.1 Å². The maximum Gasteiger partial charge on any atom is 0.0991 e. The van der Waals surface area contributed by atoms with Crippen LogP contribution in [0.5, 0.6) is 0 Å². The monoisotopic (exact) mass is 306 g/mol. The van der Waals surface area contributed by atoms with Gasteiger partial charge in [0.2, 0.25) is 0 Å². The van der Waals surface area contributed by atoms with Crippen molar-refractivity contribution in [3.63, 3.8) is 0 Å². The summed E-state index contributed by atoms with van der Waals surface area (Å²) in [5.41, 5.74) is 3.25. The molecular weight excluding hydrogens is 284 g/mol. The maximum absolute atomic E-state index is 8.95. The van der Waals surface area contributed by atoms with Gasteiger partial charge in [-0.15, -0.1) is 0 Å². The number of likely N-dealkylation sites (tertiary alicyclic amines) is 1. The number of benzene rings is 1. The van der Waals surface area contributed by atoms with Crippen molar-refractivity contribution >= 4 is 0 Å². The first-order valence-electron chi connectivity index (χ1n) is 8.17. The molecule has 1 fully saturated rings. The average molecular weight is 306 g/mol. The van der Waals surface area contributed by atoms with Crippen molar-refractivity contribution in [1.29, 1.82) is 5.26 Å². The minimum Gasteiger partial charge on any atom is -0.310 e. The molecule has 1 aromatic heterocycles. The van der Waals surface area contributed by atoms with Crippen LogP contribution in [-0.4, -0.2) is 29.0 Å². The van der Waals surface area contributed by atoms with Crippen LogP contribution in [0.15, 0.2) is 48.8 Å². The van der Waals surface area contributed by atoms with Gasteiger partial charge in [0, 0.05) is 31.5 Å². The van der Waals surface area contributed by atoms with Crippen molar-refractivity contribution in [1.82, 2.24) is 15.2 Å². The van der Waals surface area contributed by atoms with Crippen LogP contribution in [-0.2, 0) is 13.1 Å². The van der Waals surface area contributed by atoms with Crippen molar-refractivity contribution in [2.24, 2.45) is 0 Å². The molecule has 0 unspecified atom stereocenters. The number of nitrogens with zero attached hydrogens (tertiary/aromatic N) is 3. The molecular formula is C19H22N4. The fraction of sp³-hybridized carbons (Fsp3) is 0.368. The Morgan fingerprint density at radius 3 is 2.65 bits per heavy atom. The number of rotatable bonds is 5. The molecule has 0 spiro atoms. The van der Waals surface area contributed by atoms with Crippen LogP contribution in [0.25, 0.3) is 0 Å². The molecule has 0 amide bonds. The highest BCUT2D eigenvalue weighted by atomic mass is 15.1. The maximum atomic E-state index is 8.95. The topological polar surface area (TPSA) is 52.0 Å². The standard InChI is InChI=1S/C19H22N4/c20-13-17-2-1-3-18(12-17)14-22-19-6-10-23(11-7-19)15-16-4-8-21-9-5-16/h1-5,8-9,12,19,22H,6-7,10-11,14-15H2. The Morgan fingerprint density at radius 1 is 1.13 bits per heavy atom. The quantitative estimate of drug-likeness (QED) is 0.923. The SMILES string of the molecule is N#Cc1cccc(CNC2CCN(Cc3ccncc3)CC2)c1.